The molecule has 0 amide bonds. The lowest BCUT2D eigenvalue weighted by Crippen LogP contribution is -2.43. The molecule has 0 saturated heterocycles. The molecular formula is C22H25NO5Si. The summed E-state index contributed by atoms with van der Waals surface area (Å²) in [4.78, 5) is 22.4. The maximum atomic E-state index is 11.8. The van der Waals surface area contributed by atoms with Gasteiger partial charge in [0.25, 0.3) is 5.69 Å². The lowest BCUT2D eigenvalue weighted by atomic mass is 10.0. The quantitative estimate of drug-likeness (QED) is 0.204. The summed E-state index contributed by atoms with van der Waals surface area (Å²) in [5, 5.41) is 12.1. The number of nitrogens with zero attached hydrogens (tertiary/aromatic N) is 1. The van der Waals surface area contributed by atoms with Crippen LogP contribution in [0.5, 0.6) is 5.75 Å². The van der Waals surface area contributed by atoms with E-state index in [4.69, 9.17) is 8.84 Å². The van der Waals surface area contributed by atoms with Crippen LogP contribution in [0.4, 0.5) is 5.69 Å². The van der Waals surface area contributed by atoms with Gasteiger partial charge >= 0.3 is 0 Å². The molecule has 1 heterocycles. The van der Waals surface area contributed by atoms with Gasteiger partial charge in [0.1, 0.15) is 17.1 Å². The van der Waals surface area contributed by atoms with Crippen LogP contribution in [-0.4, -0.2) is 19.0 Å². The summed E-state index contributed by atoms with van der Waals surface area (Å²) in [6.07, 6.45) is 0. The average Bonchev–Trinajstić information content (AvgIpc) is 3.03. The van der Waals surface area contributed by atoms with Crippen LogP contribution < -0.4 is 4.43 Å². The minimum absolute atomic E-state index is 0.0647. The second-order valence-electron chi connectivity index (χ2n) is 8.72. The number of Topliss-reactive ketones (excluding diaryl/α,β-unsaturated/α-hetero) is 1. The van der Waals surface area contributed by atoms with Crippen molar-refractivity contribution in [2.45, 2.75) is 45.8 Å². The van der Waals surface area contributed by atoms with Crippen molar-refractivity contribution in [3.63, 3.8) is 0 Å². The molecule has 0 bridgehead atoms. The maximum absolute atomic E-state index is 11.8. The van der Waals surface area contributed by atoms with E-state index < -0.39 is 13.2 Å². The van der Waals surface area contributed by atoms with E-state index in [2.05, 4.69) is 33.9 Å². The van der Waals surface area contributed by atoms with E-state index in [9.17, 15) is 14.9 Å². The Balaban J connectivity index is 2.00. The molecule has 152 valence electrons. The van der Waals surface area contributed by atoms with Gasteiger partial charge in [-0.25, -0.2) is 0 Å². The molecule has 29 heavy (non-hydrogen) atoms. The number of furan rings is 1. The molecule has 0 atom stereocenters. The lowest BCUT2D eigenvalue weighted by molar-refractivity contribution is -0.385. The van der Waals surface area contributed by atoms with Crippen LogP contribution in [-0.2, 0) is 0 Å². The van der Waals surface area contributed by atoms with Crippen LogP contribution in [0.3, 0.4) is 0 Å². The summed E-state index contributed by atoms with van der Waals surface area (Å²) in [6, 6.07) is 12.0. The summed E-state index contributed by atoms with van der Waals surface area (Å²) < 4.78 is 12.3. The highest BCUT2D eigenvalue weighted by Crippen LogP contribution is 2.39. The molecule has 0 fully saturated rings. The molecule has 0 aliphatic heterocycles. The molecule has 0 spiro atoms. The van der Waals surface area contributed by atoms with Gasteiger partial charge in [-0.15, -0.1) is 0 Å². The highest BCUT2D eigenvalue weighted by atomic mass is 28.4. The van der Waals surface area contributed by atoms with Gasteiger partial charge < -0.3 is 8.84 Å². The Morgan fingerprint density at radius 3 is 2.38 bits per heavy atom. The van der Waals surface area contributed by atoms with Crippen LogP contribution in [0.2, 0.25) is 18.1 Å². The molecule has 2 aromatic carbocycles. The summed E-state index contributed by atoms with van der Waals surface area (Å²) in [7, 11) is -1.96. The first-order valence-electron chi connectivity index (χ1n) is 9.41. The fourth-order valence-corrected chi connectivity index (χ4v) is 3.83. The van der Waals surface area contributed by atoms with E-state index in [0.717, 1.165) is 11.1 Å². The molecule has 0 N–H and O–H groups in total. The minimum Gasteiger partial charge on any atom is -0.543 e. The van der Waals surface area contributed by atoms with Crippen LogP contribution in [0, 0.1) is 10.1 Å². The zero-order chi connectivity index (χ0) is 21.6. The number of benzene rings is 2. The van der Waals surface area contributed by atoms with Crippen molar-refractivity contribution in [2.24, 2.45) is 0 Å². The Morgan fingerprint density at radius 1 is 1.10 bits per heavy atom. The van der Waals surface area contributed by atoms with Crippen molar-refractivity contribution in [2.75, 3.05) is 0 Å². The molecule has 6 nitrogen and oxygen atoms in total. The van der Waals surface area contributed by atoms with Crippen LogP contribution in [0.25, 0.3) is 22.3 Å². The van der Waals surface area contributed by atoms with Gasteiger partial charge in [-0.3, -0.25) is 14.9 Å². The van der Waals surface area contributed by atoms with Crippen LogP contribution in [0.15, 0.2) is 46.9 Å². The molecule has 3 rings (SSSR count). The topological polar surface area (TPSA) is 82.6 Å². The van der Waals surface area contributed by atoms with Gasteiger partial charge in [0, 0.05) is 17.0 Å². The number of carbonyl (C=O) groups excluding carboxylic acids is 1. The standard InChI is InChI=1S/C22H25NO5Si/c1-14(24)18-12-15(7-9-19(18)23(25)26)21-13-16-11-17(8-10-20(16)27-21)28-29(5,6)22(2,3)4/h7-13H,1-6H3. The summed E-state index contributed by atoms with van der Waals surface area (Å²) in [5.74, 6) is 0.978. The van der Waals surface area contributed by atoms with Gasteiger partial charge in [-0.2, -0.15) is 0 Å². The van der Waals surface area contributed by atoms with Gasteiger partial charge in [-0.1, -0.05) is 20.8 Å². The van der Waals surface area contributed by atoms with E-state index in [1.807, 2.05) is 24.3 Å². The fraction of sp³-hybridized carbons (Fsp3) is 0.318. The molecule has 0 radical (unpaired) electrons. The summed E-state index contributed by atoms with van der Waals surface area (Å²) in [6.45, 7) is 12.3. The third-order valence-electron chi connectivity index (χ3n) is 5.52. The van der Waals surface area contributed by atoms with Crippen molar-refractivity contribution in [3.8, 4) is 17.1 Å². The smallest absolute Gasteiger partial charge is 0.280 e. The van der Waals surface area contributed by atoms with E-state index >= 15 is 0 Å². The molecule has 1 aromatic heterocycles. The first kappa shape index (κ1) is 20.8. The number of ketones is 1. The predicted octanol–water partition coefficient (Wildman–Crippen LogP) is 6.59. The first-order chi connectivity index (χ1) is 13.4. The molecule has 3 aromatic rings. The number of carbonyl (C=O) groups is 1. The third kappa shape index (κ3) is 4.10. The van der Waals surface area contributed by atoms with Gasteiger partial charge in [-0.05, 0) is 61.5 Å². The van der Waals surface area contributed by atoms with Crippen molar-refractivity contribution in [1.82, 2.24) is 0 Å². The van der Waals surface area contributed by atoms with Gasteiger partial charge in [0.2, 0.25) is 8.32 Å². The minimum atomic E-state index is -1.96. The monoisotopic (exact) mass is 411 g/mol. The number of hydrogen-bond acceptors (Lipinski definition) is 5. The number of nitro benzene ring substituents is 1. The third-order valence-corrected chi connectivity index (χ3v) is 9.88. The maximum Gasteiger partial charge on any atom is 0.280 e. The molecule has 0 aliphatic rings. The Hall–Kier alpha value is -2.93. The lowest BCUT2D eigenvalue weighted by Gasteiger charge is -2.36. The number of nitro groups is 1. The molecular weight excluding hydrogens is 386 g/mol. The predicted molar refractivity (Wildman–Crippen MR) is 116 cm³/mol. The highest BCUT2D eigenvalue weighted by Gasteiger charge is 2.39. The number of hydrogen-bond donors (Lipinski definition) is 0. The zero-order valence-electron chi connectivity index (χ0n) is 17.5. The Kier molecular flexibility index (Phi) is 5.13. The van der Waals surface area contributed by atoms with Crippen molar-refractivity contribution < 1.29 is 18.6 Å². The molecule has 0 unspecified atom stereocenters. The van der Waals surface area contributed by atoms with E-state index in [-0.39, 0.29) is 22.1 Å². The van der Waals surface area contributed by atoms with Crippen LogP contribution in [0.1, 0.15) is 38.1 Å². The van der Waals surface area contributed by atoms with Gasteiger partial charge in [0.15, 0.2) is 5.78 Å². The fourth-order valence-electron chi connectivity index (χ4n) is 2.81. The first-order valence-corrected chi connectivity index (χ1v) is 12.3. The Morgan fingerprint density at radius 2 is 1.79 bits per heavy atom. The molecule has 0 saturated carbocycles. The summed E-state index contributed by atoms with van der Waals surface area (Å²) >= 11 is 0. The average molecular weight is 412 g/mol. The van der Waals surface area contributed by atoms with E-state index in [1.54, 1.807) is 6.07 Å². The van der Waals surface area contributed by atoms with Crippen molar-refractivity contribution in [3.05, 3.63) is 58.1 Å². The van der Waals surface area contributed by atoms with E-state index in [1.165, 1.54) is 19.1 Å². The van der Waals surface area contributed by atoms with Crippen molar-refractivity contribution >= 4 is 30.8 Å². The molecule has 7 heteroatoms. The SMILES string of the molecule is CC(=O)c1cc(-c2cc3cc(O[Si](C)(C)C(C)(C)C)ccc3o2)ccc1[N+](=O)[O-]. The Bertz CT molecular complexity index is 1110. The zero-order valence-corrected chi connectivity index (χ0v) is 18.5. The number of fused-ring (bicyclic) bond motifs is 1. The largest absolute Gasteiger partial charge is 0.543 e. The summed E-state index contributed by atoms with van der Waals surface area (Å²) in [5.41, 5.74) is 1.16. The normalized spacial score (nSPS) is 12.2. The van der Waals surface area contributed by atoms with E-state index in [0.29, 0.717) is 16.9 Å². The highest BCUT2D eigenvalue weighted by molar-refractivity contribution is 6.74. The Labute approximate surface area is 170 Å². The van der Waals surface area contributed by atoms with Gasteiger partial charge in [0.05, 0.1) is 10.5 Å². The second-order valence-corrected chi connectivity index (χ2v) is 13.4. The molecule has 0 aliphatic carbocycles. The van der Waals surface area contributed by atoms with Crippen molar-refractivity contribution in [1.29, 1.82) is 0 Å². The second kappa shape index (κ2) is 7.15. The number of rotatable bonds is 5. The van der Waals surface area contributed by atoms with Crippen LogP contribution >= 0.6 is 0 Å².